The van der Waals surface area contributed by atoms with E-state index in [1.54, 1.807) is 0 Å². The number of aryl methyl sites for hydroxylation is 1. The van der Waals surface area contributed by atoms with Gasteiger partial charge in [0.1, 0.15) is 5.76 Å². The lowest BCUT2D eigenvalue weighted by Gasteiger charge is -2.12. The van der Waals surface area contributed by atoms with Crippen molar-refractivity contribution >= 4 is 5.91 Å². The minimum Gasteiger partial charge on any atom is -0.441 e. The summed E-state index contributed by atoms with van der Waals surface area (Å²) in [7, 11) is 0. The normalized spacial score (nSPS) is 11.9. The van der Waals surface area contributed by atoms with Crippen LogP contribution >= 0.6 is 0 Å². The van der Waals surface area contributed by atoms with E-state index < -0.39 is 0 Å². The van der Waals surface area contributed by atoms with Gasteiger partial charge in [-0.05, 0) is 30.5 Å². The Kier molecular flexibility index (Phi) is 5.29. The molecule has 4 heteroatoms. The van der Waals surface area contributed by atoms with Crippen LogP contribution in [-0.2, 0) is 11.2 Å². The Morgan fingerprint density at radius 1 is 1.08 bits per heavy atom. The molecule has 0 fully saturated rings. The first kappa shape index (κ1) is 17.0. The van der Waals surface area contributed by atoms with Crippen molar-refractivity contribution in [2.24, 2.45) is 0 Å². The maximum atomic E-state index is 12.3. The molecule has 0 saturated carbocycles. The van der Waals surface area contributed by atoms with Gasteiger partial charge in [-0.2, -0.15) is 0 Å². The molecule has 128 valence electrons. The molecule has 1 N–H and O–H groups in total. The fraction of sp³-hybridized carbons (Fsp3) is 0.238. The zero-order valence-electron chi connectivity index (χ0n) is 14.5. The minimum absolute atomic E-state index is 0.0428. The minimum atomic E-state index is -0.0428. The molecule has 4 nitrogen and oxygen atoms in total. The number of nitrogens with one attached hydrogen (secondary N) is 1. The highest BCUT2D eigenvalue weighted by Crippen LogP contribution is 2.21. The number of benzene rings is 2. The van der Waals surface area contributed by atoms with Gasteiger partial charge < -0.3 is 9.73 Å². The maximum absolute atomic E-state index is 12.3. The lowest BCUT2D eigenvalue weighted by molar-refractivity contribution is -0.120. The van der Waals surface area contributed by atoms with E-state index in [0.29, 0.717) is 23.9 Å². The van der Waals surface area contributed by atoms with Crippen molar-refractivity contribution in [2.45, 2.75) is 26.2 Å². The SMILES string of the molecule is Cc1oc(-c2ccccc2)nc1CC(=O)NCC(C)c1ccccc1. The number of oxazole rings is 1. The van der Waals surface area contributed by atoms with Gasteiger partial charge in [-0.1, -0.05) is 55.5 Å². The van der Waals surface area contributed by atoms with Gasteiger partial charge in [-0.15, -0.1) is 0 Å². The number of nitrogens with zero attached hydrogens (tertiary/aromatic N) is 1. The van der Waals surface area contributed by atoms with E-state index in [9.17, 15) is 4.79 Å². The van der Waals surface area contributed by atoms with Crippen molar-refractivity contribution in [1.82, 2.24) is 10.3 Å². The number of hydrogen-bond acceptors (Lipinski definition) is 3. The number of hydrogen-bond donors (Lipinski definition) is 1. The molecule has 0 bridgehead atoms. The average molecular weight is 334 g/mol. The van der Waals surface area contributed by atoms with Crippen LogP contribution in [0.25, 0.3) is 11.5 Å². The zero-order valence-corrected chi connectivity index (χ0v) is 14.5. The molecule has 2 aromatic carbocycles. The third kappa shape index (κ3) is 4.35. The van der Waals surface area contributed by atoms with Crippen molar-refractivity contribution in [3.05, 3.63) is 77.7 Å². The van der Waals surface area contributed by atoms with E-state index in [2.05, 4.69) is 29.4 Å². The molecule has 1 aromatic heterocycles. The highest BCUT2D eigenvalue weighted by molar-refractivity contribution is 5.78. The first-order chi connectivity index (χ1) is 12.1. The van der Waals surface area contributed by atoms with Crippen LogP contribution in [0.2, 0.25) is 0 Å². The quantitative estimate of drug-likeness (QED) is 0.738. The summed E-state index contributed by atoms with van der Waals surface area (Å²) < 4.78 is 5.71. The van der Waals surface area contributed by atoms with Gasteiger partial charge >= 0.3 is 0 Å². The average Bonchev–Trinajstić information content (AvgIpc) is 3.01. The molecule has 3 rings (SSSR count). The Balaban J connectivity index is 1.59. The van der Waals surface area contributed by atoms with Gasteiger partial charge in [0, 0.05) is 12.1 Å². The van der Waals surface area contributed by atoms with Crippen LogP contribution in [0.15, 0.2) is 65.1 Å². The fourth-order valence-electron chi connectivity index (χ4n) is 2.68. The van der Waals surface area contributed by atoms with Gasteiger partial charge in [0.25, 0.3) is 0 Å². The number of amides is 1. The Hall–Kier alpha value is -2.88. The van der Waals surface area contributed by atoms with Gasteiger partial charge in [-0.3, -0.25) is 4.79 Å². The van der Waals surface area contributed by atoms with E-state index in [0.717, 1.165) is 5.56 Å². The summed E-state index contributed by atoms with van der Waals surface area (Å²) >= 11 is 0. The highest BCUT2D eigenvalue weighted by Gasteiger charge is 2.15. The topological polar surface area (TPSA) is 55.1 Å². The number of rotatable bonds is 6. The first-order valence-corrected chi connectivity index (χ1v) is 8.47. The highest BCUT2D eigenvalue weighted by atomic mass is 16.4. The van der Waals surface area contributed by atoms with E-state index in [1.165, 1.54) is 5.56 Å². The van der Waals surface area contributed by atoms with Crippen LogP contribution in [0, 0.1) is 6.92 Å². The summed E-state index contributed by atoms with van der Waals surface area (Å²) in [5.74, 6) is 1.46. The molecule has 0 aliphatic rings. The lowest BCUT2D eigenvalue weighted by Crippen LogP contribution is -2.29. The second-order valence-electron chi connectivity index (χ2n) is 6.18. The van der Waals surface area contributed by atoms with Gasteiger partial charge in [0.05, 0.1) is 12.1 Å². The van der Waals surface area contributed by atoms with Crippen LogP contribution in [0.5, 0.6) is 0 Å². The van der Waals surface area contributed by atoms with Crippen molar-refractivity contribution in [3.8, 4) is 11.5 Å². The molecule has 0 saturated heterocycles. The van der Waals surface area contributed by atoms with Crippen LogP contribution in [-0.4, -0.2) is 17.4 Å². The lowest BCUT2D eigenvalue weighted by atomic mass is 10.0. The molecule has 1 amide bonds. The van der Waals surface area contributed by atoms with Crippen LogP contribution in [0.3, 0.4) is 0 Å². The largest absolute Gasteiger partial charge is 0.441 e. The summed E-state index contributed by atoms with van der Waals surface area (Å²) in [6.07, 6.45) is 0.226. The fourth-order valence-corrected chi connectivity index (χ4v) is 2.68. The Labute approximate surface area is 147 Å². The molecule has 0 spiro atoms. The Bertz CT molecular complexity index is 826. The van der Waals surface area contributed by atoms with E-state index in [4.69, 9.17) is 4.42 Å². The number of carbonyl (C=O) groups is 1. The van der Waals surface area contributed by atoms with E-state index >= 15 is 0 Å². The zero-order chi connectivity index (χ0) is 17.6. The van der Waals surface area contributed by atoms with Crippen molar-refractivity contribution < 1.29 is 9.21 Å². The van der Waals surface area contributed by atoms with Crippen LogP contribution in [0.4, 0.5) is 0 Å². The summed E-state index contributed by atoms with van der Waals surface area (Å²) in [5, 5.41) is 2.99. The third-order valence-corrected chi connectivity index (χ3v) is 4.22. The van der Waals surface area contributed by atoms with Gasteiger partial charge in [0.2, 0.25) is 11.8 Å². The molecule has 1 atom stereocenters. The predicted molar refractivity (Wildman–Crippen MR) is 98.2 cm³/mol. The van der Waals surface area contributed by atoms with Crippen molar-refractivity contribution in [1.29, 1.82) is 0 Å². The number of aromatic nitrogens is 1. The summed E-state index contributed by atoms with van der Waals surface area (Å²) in [6, 6.07) is 19.9. The molecular formula is C21H22N2O2. The molecule has 0 radical (unpaired) electrons. The first-order valence-electron chi connectivity index (χ1n) is 8.47. The van der Waals surface area contributed by atoms with E-state index in [-0.39, 0.29) is 18.2 Å². The van der Waals surface area contributed by atoms with Crippen LogP contribution < -0.4 is 5.32 Å². The molecular weight excluding hydrogens is 312 g/mol. The molecule has 1 heterocycles. The molecule has 3 aromatic rings. The molecule has 25 heavy (non-hydrogen) atoms. The second kappa shape index (κ2) is 7.79. The second-order valence-corrected chi connectivity index (χ2v) is 6.18. The standard InChI is InChI=1S/C21H22N2O2/c1-15(17-9-5-3-6-10-17)14-22-20(24)13-19-16(2)25-21(23-19)18-11-7-4-8-12-18/h3-12,15H,13-14H2,1-2H3,(H,22,24). The number of carbonyl (C=O) groups excluding carboxylic acids is 1. The Morgan fingerprint density at radius 2 is 1.72 bits per heavy atom. The predicted octanol–water partition coefficient (Wildman–Crippen LogP) is 4.11. The smallest absolute Gasteiger partial charge is 0.226 e. The molecule has 1 unspecified atom stereocenters. The van der Waals surface area contributed by atoms with E-state index in [1.807, 2.05) is 55.5 Å². The van der Waals surface area contributed by atoms with Crippen molar-refractivity contribution in [3.63, 3.8) is 0 Å². The molecule has 0 aliphatic carbocycles. The molecule has 0 aliphatic heterocycles. The van der Waals surface area contributed by atoms with Gasteiger partial charge in [-0.25, -0.2) is 4.98 Å². The Morgan fingerprint density at radius 3 is 2.40 bits per heavy atom. The van der Waals surface area contributed by atoms with Crippen LogP contribution in [0.1, 0.15) is 29.9 Å². The third-order valence-electron chi connectivity index (χ3n) is 4.22. The van der Waals surface area contributed by atoms with Gasteiger partial charge in [0.15, 0.2) is 0 Å². The van der Waals surface area contributed by atoms with Crippen molar-refractivity contribution in [2.75, 3.05) is 6.54 Å². The maximum Gasteiger partial charge on any atom is 0.226 e. The summed E-state index contributed by atoms with van der Waals surface area (Å²) in [4.78, 5) is 16.7. The summed E-state index contributed by atoms with van der Waals surface area (Å²) in [5.41, 5.74) is 2.81. The summed E-state index contributed by atoms with van der Waals surface area (Å²) in [6.45, 7) is 4.55. The monoisotopic (exact) mass is 334 g/mol.